The van der Waals surface area contributed by atoms with Gasteiger partial charge in [0.05, 0.1) is 38.9 Å². The predicted octanol–water partition coefficient (Wildman–Crippen LogP) is 2.24. The van der Waals surface area contributed by atoms with E-state index in [-0.39, 0.29) is 11.7 Å². The molecule has 3 rings (SSSR count). The zero-order valence-electron chi connectivity index (χ0n) is 15.8. The Morgan fingerprint density at radius 1 is 1.19 bits per heavy atom. The maximum atomic E-state index is 13.6. The molecule has 1 amide bonds. The molecule has 1 aliphatic heterocycles. The summed E-state index contributed by atoms with van der Waals surface area (Å²) in [5.74, 6) is 1.52. The second-order valence-corrected chi connectivity index (χ2v) is 7.67. The van der Waals surface area contributed by atoms with Gasteiger partial charge in [0, 0.05) is 11.3 Å². The summed E-state index contributed by atoms with van der Waals surface area (Å²) in [5, 5.41) is 0. The lowest BCUT2D eigenvalue weighted by Gasteiger charge is -2.32. The topological polar surface area (TPSA) is 34.0 Å². The molecule has 0 radical (unpaired) electrons. The van der Waals surface area contributed by atoms with Crippen LogP contribution < -0.4 is 9.64 Å². The van der Waals surface area contributed by atoms with Crippen LogP contribution in [0, 0.1) is 5.82 Å². The highest BCUT2D eigenvalue weighted by atomic mass is 32.2. The lowest BCUT2D eigenvalue weighted by molar-refractivity contribution is -0.917. The van der Waals surface area contributed by atoms with Gasteiger partial charge < -0.3 is 14.5 Å². The number of amides is 1. The molecule has 0 aliphatic carbocycles. The number of methoxy groups -OCH3 is 1. The van der Waals surface area contributed by atoms with Gasteiger partial charge in [-0.3, -0.25) is 4.79 Å². The number of rotatable bonds is 6. The Morgan fingerprint density at radius 2 is 1.89 bits per heavy atom. The fourth-order valence-corrected chi connectivity index (χ4v) is 3.98. The van der Waals surface area contributed by atoms with Crippen molar-refractivity contribution in [1.29, 1.82) is 0 Å². The van der Waals surface area contributed by atoms with Crippen molar-refractivity contribution < 1.29 is 18.8 Å². The average molecular weight is 390 g/mol. The van der Waals surface area contributed by atoms with Crippen molar-refractivity contribution in [2.24, 2.45) is 0 Å². The molecule has 1 aliphatic rings. The van der Waals surface area contributed by atoms with E-state index in [1.165, 1.54) is 16.5 Å². The second-order valence-electron chi connectivity index (χ2n) is 6.81. The van der Waals surface area contributed by atoms with Crippen molar-refractivity contribution in [3.63, 3.8) is 0 Å². The third-order valence-corrected chi connectivity index (χ3v) is 5.57. The molecule has 27 heavy (non-hydrogen) atoms. The first-order valence-electron chi connectivity index (χ1n) is 9.14. The van der Waals surface area contributed by atoms with Crippen molar-refractivity contribution in [3.8, 4) is 5.75 Å². The molecule has 0 aromatic heterocycles. The van der Waals surface area contributed by atoms with Gasteiger partial charge in [-0.1, -0.05) is 12.1 Å². The minimum atomic E-state index is -0.246. The van der Waals surface area contributed by atoms with Crippen molar-refractivity contribution in [2.75, 3.05) is 39.5 Å². The molecule has 0 unspecified atom stereocenters. The van der Waals surface area contributed by atoms with Gasteiger partial charge >= 0.3 is 0 Å². The maximum absolute atomic E-state index is 13.6. The van der Waals surface area contributed by atoms with Crippen LogP contribution in [-0.2, 0) is 12.3 Å². The number of benzene rings is 2. The van der Waals surface area contributed by atoms with Crippen LogP contribution in [0.2, 0.25) is 0 Å². The van der Waals surface area contributed by atoms with E-state index in [0.717, 1.165) is 30.0 Å². The van der Waals surface area contributed by atoms with E-state index < -0.39 is 0 Å². The summed E-state index contributed by atoms with van der Waals surface area (Å²) in [6.07, 6.45) is 2.07. The number of quaternary nitrogens is 1. The number of piperazine rings is 1. The van der Waals surface area contributed by atoms with Gasteiger partial charge in [-0.2, -0.15) is 11.8 Å². The zero-order chi connectivity index (χ0) is 19.2. The zero-order valence-corrected chi connectivity index (χ0v) is 16.7. The summed E-state index contributed by atoms with van der Waals surface area (Å²) < 4.78 is 18.9. The Morgan fingerprint density at radius 3 is 2.52 bits per heavy atom. The second kappa shape index (κ2) is 9.24. The van der Waals surface area contributed by atoms with Crippen molar-refractivity contribution >= 4 is 17.7 Å². The minimum absolute atomic E-state index is 0.0908. The van der Waals surface area contributed by atoms with Crippen LogP contribution in [0.25, 0.3) is 0 Å². The normalized spacial score (nSPS) is 15.0. The predicted molar refractivity (Wildman–Crippen MR) is 107 cm³/mol. The first-order chi connectivity index (χ1) is 13.1. The molecule has 144 valence electrons. The smallest absolute Gasteiger partial charge is 0.254 e. The SMILES string of the molecule is COc1ccc(F)cc1C[NH+]1CCN(C(=O)c2ccc(CSC)cc2)CC1. The Labute approximate surface area is 164 Å². The maximum Gasteiger partial charge on any atom is 0.254 e. The van der Waals surface area contributed by atoms with E-state index >= 15 is 0 Å². The summed E-state index contributed by atoms with van der Waals surface area (Å²) >= 11 is 1.77. The molecule has 1 fully saturated rings. The van der Waals surface area contributed by atoms with Crippen LogP contribution in [0.5, 0.6) is 5.75 Å². The van der Waals surface area contributed by atoms with Crippen LogP contribution in [-0.4, -0.2) is 50.4 Å². The molecule has 4 nitrogen and oxygen atoms in total. The Bertz CT molecular complexity index is 774. The highest BCUT2D eigenvalue weighted by molar-refractivity contribution is 7.97. The van der Waals surface area contributed by atoms with Crippen LogP contribution in [0.4, 0.5) is 4.39 Å². The van der Waals surface area contributed by atoms with Gasteiger partial charge in [0.1, 0.15) is 18.1 Å². The lowest BCUT2D eigenvalue weighted by atomic mass is 10.1. The minimum Gasteiger partial charge on any atom is -0.496 e. The summed E-state index contributed by atoms with van der Waals surface area (Å²) in [4.78, 5) is 16.0. The van der Waals surface area contributed by atoms with Crippen LogP contribution in [0.15, 0.2) is 42.5 Å². The Hall–Kier alpha value is -2.05. The molecule has 2 aromatic carbocycles. The van der Waals surface area contributed by atoms with E-state index in [0.29, 0.717) is 25.4 Å². The number of carbonyl (C=O) groups excluding carboxylic acids is 1. The molecule has 1 saturated heterocycles. The van der Waals surface area contributed by atoms with Crippen LogP contribution >= 0.6 is 11.8 Å². The summed E-state index contributed by atoms with van der Waals surface area (Å²) in [6, 6.07) is 12.5. The number of ether oxygens (including phenoxy) is 1. The monoisotopic (exact) mass is 389 g/mol. The fraction of sp³-hybridized carbons (Fsp3) is 0.381. The van der Waals surface area contributed by atoms with E-state index in [1.807, 2.05) is 29.2 Å². The third-order valence-electron chi connectivity index (χ3n) is 4.95. The van der Waals surface area contributed by atoms with Crippen molar-refractivity contribution in [3.05, 3.63) is 65.0 Å². The van der Waals surface area contributed by atoms with Gasteiger partial charge in [-0.25, -0.2) is 4.39 Å². The summed E-state index contributed by atoms with van der Waals surface area (Å²) in [6.45, 7) is 3.80. The highest BCUT2D eigenvalue weighted by Crippen LogP contribution is 2.18. The standard InChI is InChI=1S/C21H25FN2O2S/c1-26-20-8-7-19(22)13-18(20)14-23-9-11-24(12-10-23)21(25)17-5-3-16(4-6-17)15-27-2/h3-8,13H,9-12,14-15H2,1-2H3/p+1. The van der Waals surface area contributed by atoms with Gasteiger partial charge in [0.15, 0.2) is 0 Å². The highest BCUT2D eigenvalue weighted by Gasteiger charge is 2.25. The number of nitrogens with one attached hydrogen (secondary N) is 1. The number of thioether (sulfide) groups is 1. The lowest BCUT2D eigenvalue weighted by Crippen LogP contribution is -3.13. The molecule has 2 aromatic rings. The first kappa shape index (κ1) is 19.7. The van der Waals surface area contributed by atoms with Gasteiger partial charge in [-0.05, 0) is 42.2 Å². The van der Waals surface area contributed by atoms with Crippen molar-refractivity contribution in [2.45, 2.75) is 12.3 Å². The van der Waals surface area contributed by atoms with E-state index in [9.17, 15) is 9.18 Å². The molecule has 1 N–H and O–H groups in total. The van der Waals surface area contributed by atoms with E-state index in [1.54, 1.807) is 31.0 Å². The largest absolute Gasteiger partial charge is 0.496 e. The summed E-state index contributed by atoms with van der Waals surface area (Å²) in [5.41, 5.74) is 2.85. The number of hydrogen-bond acceptors (Lipinski definition) is 3. The van der Waals surface area contributed by atoms with E-state index in [4.69, 9.17) is 4.74 Å². The van der Waals surface area contributed by atoms with Crippen LogP contribution in [0.1, 0.15) is 21.5 Å². The molecule has 0 spiro atoms. The molecule has 0 saturated carbocycles. The van der Waals surface area contributed by atoms with Crippen molar-refractivity contribution in [1.82, 2.24) is 4.90 Å². The molecule has 6 heteroatoms. The van der Waals surface area contributed by atoms with Gasteiger partial charge in [0.25, 0.3) is 5.91 Å². The molecule has 0 bridgehead atoms. The van der Waals surface area contributed by atoms with Gasteiger partial charge in [0.2, 0.25) is 0 Å². The Balaban J connectivity index is 1.57. The number of carbonyl (C=O) groups is 1. The number of halogens is 1. The fourth-order valence-electron chi connectivity index (χ4n) is 3.45. The van der Waals surface area contributed by atoms with E-state index in [2.05, 4.69) is 6.26 Å². The molecular formula is C21H26FN2O2S+. The first-order valence-corrected chi connectivity index (χ1v) is 10.5. The Kier molecular flexibility index (Phi) is 6.74. The van der Waals surface area contributed by atoms with Gasteiger partial charge in [-0.15, -0.1) is 0 Å². The number of hydrogen-bond donors (Lipinski definition) is 1. The molecule has 0 atom stereocenters. The number of nitrogens with zero attached hydrogens (tertiary/aromatic N) is 1. The van der Waals surface area contributed by atoms with Crippen LogP contribution in [0.3, 0.4) is 0 Å². The quantitative estimate of drug-likeness (QED) is 0.823. The third kappa shape index (κ3) is 5.02. The average Bonchev–Trinajstić information content (AvgIpc) is 2.69. The summed E-state index contributed by atoms with van der Waals surface area (Å²) in [7, 11) is 1.60. The molecule has 1 heterocycles. The molecular weight excluding hydrogens is 363 g/mol.